The molecule has 0 spiro atoms. The van der Waals surface area contributed by atoms with Gasteiger partial charge in [0.25, 0.3) is 0 Å². The van der Waals surface area contributed by atoms with Crippen molar-refractivity contribution in [3.8, 4) is 5.75 Å². The van der Waals surface area contributed by atoms with E-state index in [1.54, 1.807) is 18.2 Å². The van der Waals surface area contributed by atoms with E-state index in [4.69, 9.17) is 16.3 Å². The Bertz CT molecular complexity index is 901. The second-order valence-electron chi connectivity index (χ2n) is 6.50. The van der Waals surface area contributed by atoms with Gasteiger partial charge in [-0.15, -0.1) is 0 Å². The number of halogens is 2. The minimum absolute atomic E-state index is 0.0311. The molecule has 6 nitrogen and oxygen atoms in total. The monoisotopic (exact) mass is 427 g/mol. The molecule has 1 heterocycles. The van der Waals surface area contributed by atoms with Crippen molar-refractivity contribution in [1.82, 2.24) is 9.62 Å². The summed E-state index contributed by atoms with van der Waals surface area (Å²) in [6.45, 7) is 4.11. The molecule has 1 aliphatic heterocycles. The normalized spacial score (nSPS) is 15.6. The van der Waals surface area contributed by atoms with Gasteiger partial charge in [0.2, 0.25) is 10.0 Å². The first-order valence-corrected chi connectivity index (χ1v) is 10.8. The Hall–Kier alpha value is -1.87. The van der Waals surface area contributed by atoms with Crippen molar-refractivity contribution in [1.29, 1.82) is 0 Å². The number of hydrogen-bond acceptors (Lipinski definition) is 5. The summed E-state index contributed by atoms with van der Waals surface area (Å²) in [6, 6.07) is 11.0. The van der Waals surface area contributed by atoms with Gasteiger partial charge in [0.05, 0.1) is 7.11 Å². The van der Waals surface area contributed by atoms with Crippen LogP contribution in [0.1, 0.15) is 0 Å². The first kappa shape index (κ1) is 20.9. The maximum atomic E-state index is 13.0. The maximum Gasteiger partial charge on any atom is 0.244 e. The minimum Gasteiger partial charge on any atom is -0.495 e. The zero-order chi connectivity index (χ0) is 20.1. The molecule has 1 N–H and O–H groups in total. The first-order valence-electron chi connectivity index (χ1n) is 8.95. The molecule has 152 valence electrons. The molecule has 1 aliphatic rings. The molecule has 0 atom stereocenters. The van der Waals surface area contributed by atoms with Crippen LogP contribution >= 0.6 is 11.6 Å². The SMILES string of the molecule is COc1ccc(Cl)cc1S(=O)(=O)NCCN1CCN(c2ccc(F)cc2)CC1. The third kappa shape index (κ3) is 5.14. The topological polar surface area (TPSA) is 61.9 Å². The third-order valence-electron chi connectivity index (χ3n) is 4.70. The number of methoxy groups -OCH3 is 1. The second-order valence-corrected chi connectivity index (χ2v) is 8.67. The smallest absolute Gasteiger partial charge is 0.244 e. The number of anilines is 1. The van der Waals surface area contributed by atoms with E-state index in [2.05, 4.69) is 14.5 Å². The molecule has 0 amide bonds. The standard InChI is InChI=1S/C19H23ClFN3O3S/c1-27-18-7-2-15(20)14-19(18)28(25,26)22-8-9-23-10-12-24(13-11-23)17-5-3-16(21)4-6-17/h2-7,14,22H,8-13H2,1H3. The quantitative estimate of drug-likeness (QED) is 0.736. The van der Waals surface area contributed by atoms with Crippen molar-refractivity contribution in [3.05, 3.63) is 53.3 Å². The molecule has 0 bridgehead atoms. The molecule has 28 heavy (non-hydrogen) atoms. The van der Waals surface area contributed by atoms with Crippen molar-refractivity contribution < 1.29 is 17.5 Å². The molecule has 0 radical (unpaired) electrons. The maximum absolute atomic E-state index is 13.0. The molecule has 0 aromatic heterocycles. The summed E-state index contributed by atoms with van der Waals surface area (Å²) < 4.78 is 45.9. The second kappa shape index (κ2) is 9.09. The van der Waals surface area contributed by atoms with Crippen LogP contribution < -0.4 is 14.4 Å². The number of nitrogens with zero attached hydrogens (tertiary/aromatic N) is 2. The van der Waals surface area contributed by atoms with E-state index >= 15 is 0 Å². The molecular formula is C19H23ClFN3O3S. The molecule has 2 aromatic rings. The molecular weight excluding hydrogens is 405 g/mol. The Morgan fingerprint density at radius 1 is 1.11 bits per heavy atom. The number of piperazine rings is 1. The van der Waals surface area contributed by atoms with Crippen molar-refractivity contribution in [2.45, 2.75) is 4.90 Å². The Morgan fingerprint density at radius 2 is 1.79 bits per heavy atom. The highest BCUT2D eigenvalue weighted by atomic mass is 35.5. The van der Waals surface area contributed by atoms with Gasteiger partial charge in [0.15, 0.2) is 0 Å². The van der Waals surface area contributed by atoms with Gasteiger partial charge in [-0.05, 0) is 42.5 Å². The van der Waals surface area contributed by atoms with Crippen LogP contribution in [0.5, 0.6) is 5.75 Å². The van der Waals surface area contributed by atoms with Crippen LogP contribution in [0.25, 0.3) is 0 Å². The highest BCUT2D eigenvalue weighted by molar-refractivity contribution is 7.89. The number of hydrogen-bond donors (Lipinski definition) is 1. The highest BCUT2D eigenvalue weighted by Gasteiger charge is 2.21. The zero-order valence-electron chi connectivity index (χ0n) is 15.6. The Kier molecular flexibility index (Phi) is 6.77. The largest absolute Gasteiger partial charge is 0.495 e. The lowest BCUT2D eigenvalue weighted by molar-refractivity contribution is 0.262. The molecule has 1 fully saturated rings. The molecule has 1 saturated heterocycles. The van der Waals surface area contributed by atoms with Crippen molar-refractivity contribution in [2.24, 2.45) is 0 Å². The minimum atomic E-state index is -3.72. The fraction of sp³-hybridized carbons (Fsp3) is 0.368. The van der Waals surface area contributed by atoms with Gasteiger partial charge in [-0.25, -0.2) is 17.5 Å². The third-order valence-corrected chi connectivity index (χ3v) is 6.42. The van der Waals surface area contributed by atoms with Crippen LogP contribution in [0.2, 0.25) is 5.02 Å². The number of ether oxygens (including phenoxy) is 1. The number of benzene rings is 2. The van der Waals surface area contributed by atoms with Gasteiger partial charge in [-0.3, -0.25) is 4.90 Å². The number of nitrogens with one attached hydrogen (secondary N) is 1. The predicted molar refractivity (Wildman–Crippen MR) is 108 cm³/mol. The van der Waals surface area contributed by atoms with Gasteiger partial charge >= 0.3 is 0 Å². The van der Waals surface area contributed by atoms with Gasteiger partial charge in [-0.1, -0.05) is 11.6 Å². The summed E-state index contributed by atoms with van der Waals surface area (Å²) >= 11 is 5.93. The average Bonchev–Trinajstić information content (AvgIpc) is 2.69. The summed E-state index contributed by atoms with van der Waals surface area (Å²) in [6.07, 6.45) is 0. The fourth-order valence-electron chi connectivity index (χ4n) is 3.16. The van der Waals surface area contributed by atoms with E-state index < -0.39 is 10.0 Å². The van der Waals surface area contributed by atoms with Gasteiger partial charge in [0, 0.05) is 50.0 Å². The van der Waals surface area contributed by atoms with Crippen LogP contribution in [0, 0.1) is 5.82 Å². The highest BCUT2D eigenvalue weighted by Crippen LogP contribution is 2.26. The summed E-state index contributed by atoms with van der Waals surface area (Å²) in [5.74, 6) is 0.0100. The predicted octanol–water partition coefficient (Wildman–Crippen LogP) is 2.59. The number of sulfonamides is 1. The Morgan fingerprint density at radius 3 is 2.43 bits per heavy atom. The van der Waals surface area contributed by atoms with Crippen LogP contribution in [-0.2, 0) is 10.0 Å². The van der Waals surface area contributed by atoms with Crippen molar-refractivity contribution >= 4 is 27.3 Å². The lowest BCUT2D eigenvalue weighted by atomic mass is 10.2. The molecule has 9 heteroatoms. The van der Waals surface area contributed by atoms with Crippen LogP contribution in [0.4, 0.5) is 10.1 Å². The van der Waals surface area contributed by atoms with E-state index in [-0.39, 0.29) is 23.0 Å². The Balaban J connectivity index is 1.50. The summed E-state index contributed by atoms with van der Waals surface area (Å²) in [5.41, 5.74) is 0.995. The first-order chi connectivity index (χ1) is 13.4. The summed E-state index contributed by atoms with van der Waals surface area (Å²) in [5, 5.41) is 0.332. The number of rotatable bonds is 7. The van der Waals surface area contributed by atoms with E-state index in [9.17, 15) is 12.8 Å². The van der Waals surface area contributed by atoms with Crippen molar-refractivity contribution in [3.63, 3.8) is 0 Å². The molecule has 0 unspecified atom stereocenters. The lowest BCUT2D eigenvalue weighted by Gasteiger charge is -2.36. The Labute approximate surface area is 169 Å². The average molecular weight is 428 g/mol. The molecule has 2 aromatic carbocycles. The zero-order valence-corrected chi connectivity index (χ0v) is 17.1. The summed E-state index contributed by atoms with van der Waals surface area (Å²) in [4.78, 5) is 4.41. The van der Waals surface area contributed by atoms with Crippen molar-refractivity contribution in [2.75, 3.05) is 51.3 Å². The lowest BCUT2D eigenvalue weighted by Crippen LogP contribution is -2.48. The van der Waals surface area contributed by atoms with Gasteiger partial charge < -0.3 is 9.64 Å². The molecule has 0 aliphatic carbocycles. The van der Waals surface area contributed by atoms with Crippen LogP contribution in [0.3, 0.4) is 0 Å². The van der Waals surface area contributed by atoms with Gasteiger partial charge in [-0.2, -0.15) is 0 Å². The van der Waals surface area contributed by atoms with E-state index in [1.807, 2.05) is 0 Å². The van der Waals surface area contributed by atoms with Gasteiger partial charge in [0.1, 0.15) is 16.5 Å². The van der Waals surface area contributed by atoms with E-state index in [1.165, 1.54) is 31.4 Å². The van der Waals surface area contributed by atoms with Crippen LogP contribution in [0.15, 0.2) is 47.4 Å². The molecule has 0 saturated carbocycles. The van der Waals surface area contributed by atoms with E-state index in [0.717, 1.165) is 31.9 Å². The fourth-order valence-corrected chi connectivity index (χ4v) is 4.61. The van der Waals surface area contributed by atoms with Crippen LogP contribution in [-0.4, -0.2) is 59.7 Å². The molecule has 3 rings (SSSR count). The summed E-state index contributed by atoms with van der Waals surface area (Å²) in [7, 11) is -2.30. The van der Waals surface area contributed by atoms with E-state index in [0.29, 0.717) is 11.6 Å².